The van der Waals surface area contributed by atoms with Crippen molar-refractivity contribution in [2.75, 3.05) is 6.26 Å². The highest BCUT2D eigenvalue weighted by Gasteiger charge is 2.45. The predicted octanol–water partition coefficient (Wildman–Crippen LogP) is -1.000. The Balaban J connectivity index is 1.64. The molecule has 0 aliphatic carbocycles. The van der Waals surface area contributed by atoms with Crippen molar-refractivity contribution in [2.45, 2.75) is 49.6 Å². The number of carbonyl (C=O) groups is 1. The lowest BCUT2D eigenvalue weighted by Gasteiger charge is -2.38. The summed E-state index contributed by atoms with van der Waals surface area (Å²) in [4.78, 5) is 43.5. The molecule has 0 aromatic carbocycles. The summed E-state index contributed by atoms with van der Waals surface area (Å²) in [6.07, 6.45) is 5.16. The van der Waals surface area contributed by atoms with Gasteiger partial charge in [-0.25, -0.2) is 18.2 Å². The first-order chi connectivity index (χ1) is 13.1. The Labute approximate surface area is 161 Å². The molecule has 2 aromatic heterocycles. The Kier molecular flexibility index (Phi) is 4.25. The third-order valence-electron chi connectivity index (χ3n) is 6.11. The second-order valence-electron chi connectivity index (χ2n) is 7.86. The van der Waals surface area contributed by atoms with E-state index in [0.717, 1.165) is 17.4 Å². The fourth-order valence-electron chi connectivity index (χ4n) is 4.63. The molecule has 4 heterocycles. The second kappa shape index (κ2) is 6.29. The molecule has 2 atom stereocenters. The number of hydrogen-bond donors (Lipinski definition) is 0. The molecular formula is C17H23N5O5S. The number of imidazole rings is 1. The summed E-state index contributed by atoms with van der Waals surface area (Å²) in [5, 5.41) is -0.398. The molecule has 0 radical (unpaired) electrons. The van der Waals surface area contributed by atoms with Gasteiger partial charge in [0.25, 0.3) is 5.56 Å². The molecule has 2 aromatic rings. The lowest BCUT2D eigenvalue weighted by molar-refractivity contribution is -0.136. The van der Waals surface area contributed by atoms with Crippen LogP contribution < -0.4 is 11.2 Å². The molecule has 2 aliphatic rings. The summed E-state index contributed by atoms with van der Waals surface area (Å²) in [5.74, 6) is -0.158. The van der Waals surface area contributed by atoms with Gasteiger partial charge in [0.05, 0.1) is 11.6 Å². The van der Waals surface area contributed by atoms with Gasteiger partial charge in [-0.15, -0.1) is 0 Å². The molecule has 0 spiro atoms. The Morgan fingerprint density at radius 1 is 1.14 bits per heavy atom. The average molecular weight is 409 g/mol. The van der Waals surface area contributed by atoms with Gasteiger partial charge in [-0.05, 0) is 25.7 Å². The van der Waals surface area contributed by atoms with Gasteiger partial charge >= 0.3 is 5.69 Å². The summed E-state index contributed by atoms with van der Waals surface area (Å²) >= 11 is 0. The van der Waals surface area contributed by atoms with Gasteiger partial charge in [0.2, 0.25) is 5.91 Å². The predicted molar refractivity (Wildman–Crippen MR) is 102 cm³/mol. The van der Waals surface area contributed by atoms with Crippen molar-refractivity contribution in [3.05, 3.63) is 27.2 Å². The van der Waals surface area contributed by atoms with E-state index in [1.807, 2.05) is 0 Å². The van der Waals surface area contributed by atoms with E-state index in [9.17, 15) is 22.8 Å². The number of amides is 1. The van der Waals surface area contributed by atoms with Crippen molar-refractivity contribution in [3.63, 3.8) is 0 Å². The molecule has 10 nitrogen and oxygen atoms in total. The lowest BCUT2D eigenvalue weighted by Crippen LogP contribution is -2.50. The summed E-state index contributed by atoms with van der Waals surface area (Å²) in [6, 6.07) is -0.180. The Morgan fingerprint density at radius 2 is 1.75 bits per heavy atom. The molecule has 2 fully saturated rings. The Hall–Kier alpha value is -2.43. The van der Waals surface area contributed by atoms with Crippen molar-refractivity contribution in [1.82, 2.24) is 23.6 Å². The number of aryl methyl sites for hydroxylation is 1. The van der Waals surface area contributed by atoms with Crippen LogP contribution >= 0.6 is 0 Å². The normalized spacial score (nSPS) is 24.8. The first-order valence-corrected chi connectivity index (χ1v) is 11.2. The third kappa shape index (κ3) is 2.79. The van der Waals surface area contributed by atoms with Gasteiger partial charge in [-0.2, -0.15) is 0 Å². The largest absolute Gasteiger partial charge is 0.335 e. The molecule has 152 valence electrons. The number of fused-ring (bicyclic) bond motifs is 3. The van der Waals surface area contributed by atoms with Crippen LogP contribution in [0, 0.1) is 0 Å². The number of sulfone groups is 1. The van der Waals surface area contributed by atoms with Crippen LogP contribution in [0.2, 0.25) is 0 Å². The number of hydrogen-bond acceptors (Lipinski definition) is 6. The Bertz CT molecular complexity index is 1180. The van der Waals surface area contributed by atoms with Gasteiger partial charge in [-0.1, -0.05) is 0 Å². The van der Waals surface area contributed by atoms with Crippen LogP contribution in [0.25, 0.3) is 11.2 Å². The summed E-state index contributed by atoms with van der Waals surface area (Å²) in [6.45, 7) is -0.0690. The monoisotopic (exact) mass is 409 g/mol. The minimum atomic E-state index is -3.13. The number of rotatable bonds is 3. The zero-order chi connectivity index (χ0) is 20.4. The maximum atomic E-state index is 13.0. The van der Waals surface area contributed by atoms with Crippen LogP contribution in [0.5, 0.6) is 0 Å². The number of aromatic nitrogens is 4. The molecule has 2 saturated heterocycles. The van der Waals surface area contributed by atoms with Crippen LogP contribution in [-0.2, 0) is 35.3 Å². The summed E-state index contributed by atoms with van der Waals surface area (Å²) in [7, 11) is -0.213. The van der Waals surface area contributed by atoms with Crippen molar-refractivity contribution in [3.8, 4) is 0 Å². The smallest absolute Gasteiger partial charge is 0.332 e. The SMILES string of the molecule is Cn1c(=O)c2c(ncn2CC(=O)N2C3CCC2CC(S(C)(=O)=O)C3)n(C)c1=O. The molecule has 28 heavy (non-hydrogen) atoms. The van der Waals surface area contributed by atoms with Gasteiger partial charge in [0, 0.05) is 32.4 Å². The van der Waals surface area contributed by atoms with Crippen LogP contribution in [0.4, 0.5) is 0 Å². The molecule has 2 unspecified atom stereocenters. The molecule has 11 heteroatoms. The topological polar surface area (TPSA) is 116 Å². The number of nitrogens with zero attached hydrogens (tertiary/aromatic N) is 5. The van der Waals surface area contributed by atoms with E-state index in [0.29, 0.717) is 12.8 Å². The van der Waals surface area contributed by atoms with Crippen LogP contribution in [0.3, 0.4) is 0 Å². The van der Waals surface area contributed by atoms with E-state index in [-0.39, 0.29) is 35.7 Å². The number of carbonyl (C=O) groups excluding carboxylic acids is 1. The molecular weight excluding hydrogens is 386 g/mol. The molecule has 0 N–H and O–H groups in total. The molecule has 0 saturated carbocycles. The molecule has 4 rings (SSSR count). The average Bonchev–Trinajstić information content (AvgIpc) is 3.15. The van der Waals surface area contributed by atoms with Crippen molar-refractivity contribution in [2.24, 2.45) is 14.1 Å². The van der Waals surface area contributed by atoms with Crippen LogP contribution in [0.1, 0.15) is 25.7 Å². The highest BCUT2D eigenvalue weighted by atomic mass is 32.2. The van der Waals surface area contributed by atoms with Crippen molar-refractivity contribution >= 4 is 26.9 Å². The van der Waals surface area contributed by atoms with E-state index in [1.165, 1.54) is 35.8 Å². The minimum absolute atomic E-state index is 0.0690. The second-order valence-corrected chi connectivity index (χ2v) is 10.2. The van der Waals surface area contributed by atoms with E-state index < -0.39 is 26.3 Å². The van der Waals surface area contributed by atoms with Gasteiger partial charge < -0.3 is 9.47 Å². The van der Waals surface area contributed by atoms with Crippen molar-refractivity contribution < 1.29 is 13.2 Å². The standard InChI is InChI=1S/C17H23N5O5S/c1-19-15-14(16(24)20(2)17(19)25)21(9-18-15)8-13(23)22-10-4-5-11(22)7-12(6-10)28(3,26)27/h9-12H,4-8H2,1-3H3. The van der Waals surface area contributed by atoms with E-state index >= 15 is 0 Å². The molecule has 1 amide bonds. The van der Waals surface area contributed by atoms with E-state index in [1.54, 1.807) is 4.90 Å². The van der Waals surface area contributed by atoms with Gasteiger partial charge in [-0.3, -0.25) is 18.7 Å². The summed E-state index contributed by atoms with van der Waals surface area (Å²) in [5.41, 5.74) is -0.534. The van der Waals surface area contributed by atoms with E-state index in [4.69, 9.17) is 0 Å². The summed E-state index contributed by atoms with van der Waals surface area (Å²) < 4.78 is 27.6. The number of piperidine rings is 1. The zero-order valence-corrected chi connectivity index (χ0v) is 16.8. The Morgan fingerprint density at radius 3 is 2.32 bits per heavy atom. The maximum absolute atomic E-state index is 13.0. The van der Waals surface area contributed by atoms with Crippen LogP contribution in [0.15, 0.2) is 15.9 Å². The highest BCUT2D eigenvalue weighted by molar-refractivity contribution is 7.91. The van der Waals surface area contributed by atoms with Crippen molar-refractivity contribution in [1.29, 1.82) is 0 Å². The molecule has 2 bridgehead atoms. The third-order valence-corrected chi connectivity index (χ3v) is 7.70. The maximum Gasteiger partial charge on any atom is 0.332 e. The fraction of sp³-hybridized carbons (Fsp3) is 0.647. The fourth-order valence-corrected chi connectivity index (χ4v) is 5.77. The van der Waals surface area contributed by atoms with Gasteiger partial charge in [0.1, 0.15) is 16.4 Å². The minimum Gasteiger partial charge on any atom is -0.335 e. The first-order valence-electron chi connectivity index (χ1n) is 9.20. The van der Waals surface area contributed by atoms with Crippen LogP contribution in [-0.4, -0.2) is 61.5 Å². The van der Waals surface area contributed by atoms with E-state index in [2.05, 4.69) is 4.98 Å². The molecule has 2 aliphatic heterocycles. The lowest BCUT2D eigenvalue weighted by atomic mass is 10.0. The highest BCUT2D eigenvalue weighted by Crippen LogP contribution is 2.38. The zero-order valence-electron chi connectivity index (χ0n) is 16.0. The first kappa shape index (κ1) is 18.9. The van der Waals surface area contributed by atoms with Gasteiger partial charge in [0.15, 0.2) is 11.2 Å². The quantitative estimate of drug-likeness (QED) is 0.642.